The Morgan fingerprint density at radius 2 is 2.59 bits per heavy atom. The summed E-state index contributed by atoms with van der Waals surface area (Å²) in [7, 11) is 0. The van der Waals surface area contributed by atoms with Gasteiger partial charge in [-0.25, -0.2) is 0 Å². The fraction of sp³-hybridized carbons (Fsp3) is 0.500. The summed E-state index contributed by atoms with van der Waals surface area (Å²) in [5, 5.41) is 17.0. The van der Waals surface area contributed by atoms with Crippen molar-refractivity contribution in [2.45, 2.75) is 6.10 Å². The molecule has 1 aliphatic rings. The Morgan fingerprint density at radius 1 is 1.71 bits per heavy atom. The highest BCUT2D eigenvalue weighted by Crippen LogP contribution is 2.21. The molecule has 1 unspecified atom stereocenters. The molecule has 1 aromatic rings. The minimum absolute atomic E-state index is 0.0173. The zero-order valence-electron chi connectivity index (χ0n) is 9.26. The Morgan fingerprint density at radius 3 is 3.29 bits per heavy atom. The molecule has 7 heteroatoms. The van der Waals surface area contributed by atoms with Crippen LogP contribution in [0.15, 0.2) is 18.5 Å². The highest BCUT2D eigenvalue weighted by molar-refractivity contribution is 5.59. The van der Waals surface area contributed by atoms with Crippen molar-refractivity contribution in [3.63, 3.8) is 0 Å². The van der Waals surface area contributed by atoms with Gasteiger partial charge in [-0.05, 0) is 6.07 Å². The molecule has 0 bridgehead atoms. The molecule has 2 N–H and O–H groups in total. The molecule has 0 radical (unpaired) electrons. The number of hydrogen-bond donors (Lipinski definition) is 2. The lowest BCUT2D eigenvalue weighted by molar-refractivity contribution is -0.384. The van der Waals surface area contributed by atoms with Crippen molar-refractivity contribution in [3.8, 4) is 0 Å². The van der Waals surface area contributed by atoms with E-state index in [1.54, 1.807) is 6.07 Å². The van der Waals surface area contributed by atoms with E-state index in [1.807, 2.05) is 0 Å². The van der Waals surface area contributed by atoms with E-state index in [0.717, 1.165) is 13.1 Å². The Balaban J connectivity index is 1.96. The van der Waals surface area contributed by atoms with Gasteiger partial charge in [0.25, 0.3) is 0 Å². The van der Waals surface area contributed by atoms with Crippen LogP contribution in [0, 0.1) is 10.1 Å². The van der Waals surface area contributed by atoms with E-state index < -0.39 is 4.92 Å². The van der Waals surface area contributed by atoms with Crippen molar-refractivity contribution in [1.29, 1.82) is 0 Å². The van der Waals surface area contributed by atoms with Crippen LogP contribution in [0.5, 0.6) is 0 Å². The molecule has 2 heterocycles. The van der Waals surface area contributed by atoms with Crippen molar-refractivity contribution in [3.05, 3.63) is 28.6 Å². The number of nitro groups is 1. The lowest BCUT2D eigenvalue weighted by Gasteiger charge is -2.24. The summed E-state index contributed by atoms with van der Waals surface area (Å²) in [6.45, 7) is 2.82. The number of rotatable bonds is 4. The second-order valence-corrected chi connectivity index (χ2v) is 3.73. The summed E-state index contributed by atoms with van der Waals surface area (Å²) < 4.78 is 5.49. The van der Waals surface area contributed by atoms with Crippen LogP contribution in [0.4, 0.5) is 11.4 Å². The summed E-state index contributed by atoms with van der Waals surface area (Å²) in [4.78, 5) is 14.0. The highest BCUT2D eigenvalue weighted by Gasteiger charge is 2.16. The molecular formula is C10H14N4O3. The molecule has 0 aromatic carbocycles. The highest BCUT2D eigenvalue weighted by atomic mass is 16.6. The number of aromatic nitrogens is 1. The standard InChI is InChI=1S/C10H14N4O3/c15-14(16)10-7-11-2-1-9(10)13-6-8-5-12-3-4-17-8/h1-2,7-8,12H,3-6H2,(H,11,13). The van der Waals surface area contributed by atoms with E-state index in [9.17, 15) is 10.1 Å². The van der Waals surface area contributed by atoms with Crippen LogP contribution in [-0.4, -0.2) is 42.3 Å². The van der Waals surface area contributed by atoms with Crippen LogP contribution in [0.1, 0.15) is 0 Å². The second kappa shape index (κ2) is 5.55. The predicted octanol–water partition coefficient (Wildman–Crippen LogP) is 0.390. The summed E-state index contributed by atoms with van der Waals surface area (Å²) >= 11 is 0. The van der Waals surface area contributed by atoms with E-state index in [-0.39, 0.29) is 11.8 Å². The van der Waals surface area contributed by atoms with Crippen LogP contribution in [0.25, 0.3) is 0 Å². The number of ether oxygens (including phenoxy) is 1. The Bertz CT molecular complexity index is 393. The minimum atomic E-state index is -0.449. The first kappa shape index (κ1) is 11.7. The first-order chi connectivity index (χ1) is 8.27. The van der Waals surface area contributed by atoms with Gasteiger partial charge in [0.2, 0.25) is 0 Å². The van der Waals surface area contributed by atoms with Gasteiger partial charge in [0, 0.05) is 25.8 Å². The molecule has 1 saturated heterocycles. The predicted molar refractivity (Wildman–Crippen MR) is 62.0 cm³/mol. The van der Waals surface area contributed by atoms with E-state index in [2.05, 4.69) is 15.6 Å². The van der Waals surface area contributed by atoms with Gasteiger partial charge >= 0.3 is 5.69 Å². The quantitative estimate of drug-likeness (QED) is 0.582. The summed E-state index contributed by atoms with van der Waals surface area (Å²) in [5.74, 6) is 0. The lowest BCUT2D eigenvalue weighted by atomic mass is 10.3. The fourth-order valence-electron chi connectivity index (χ4n) is 1.66. The summed E-state index contributed by atoms with van der Waals surface area (Å²) in [5.41, 5.74) is 0.454. The normalized spacial score (nSPS) is 19.9. The van der Waals surface area contributed by atoms with Gasteiger partial charge in [-0.2, -0.15) is 0 Å². The first-order valence-electron chi connectivity index (χ1n) is 5.42. The third-order valence-corrected chi connectivity index (χ3v) is 2.52. The summed E-state index contributed by atoms with van der Waals surface area (Å²) in [6.07, 6.45) is 2.80. The van der Waals surface area contributed by atoms with Gasteiger partial charge in [0.15, 0.2) is 0 Å². The fourth-order valence-corrected chi connectivity index (χ4v) is 1.66. The number of nitrogens with one attached hydrogen (secondary N) is 2. The number of hydrogen-bond acceptors (Lipinski definition) is 6. The third-order valence-electron chi connectivity index (χ3n) is 2.52. The van der Waals surface area contributed by atoms with E-state index in [1.165, 1.54) is 12.4 Å². The van der Waals surface area contributed by atoms with Crippen LogP contribution in [0.3, 0.4) is 0 Å². The zero-order valence-corrected chi connectivity index (χ0v) is 9.26. The van der Waals surface area contributed by atoms with E-state index in [0.29, 0.717) is 18.8 Å². The van der Waals surface area contributed by atoms with Crippen molar-refractivity contribution in [1.82, 2.24) is 10.3 Å². The molecular weight excluding hydrogens is 224 g/mol. The number of anilines is 1. The Kier molecular flexibility index (Phi) is 3.84. The maximum Gasteiger partial charge on any atom is 0.310 e. The molecule has 1 aromatic heterocycles. The number of nitrogens with zero attached hydrogens (tertiary/aromatic N) is 2. The minimum Gasteiger partial charge on any atom is -0.377 e. The van der Waals surface area contributed by atoms with Crippen molar-refractivity contribution >= 4 is 11.4 Å². The third kappa shape index (κ3) is 3.11. The van der Waals surface area contributed by atoms with Crippen LogP contribution >= 0.6 is 0 Å². The molecule has 1 aliphatic heterocycles. The topological polar surface area (TPSA) is 89.3 Å². The van der Waals surface area contributed by atoms with Crippen molar-refractivity contribution in [2.24, 2.45) is 0 Å². The van der Waals surface area contributed by atoms with Crippen molar-refractivity contribution < 1.29 is 9.66 Å². The molecule has 0 amide bonds. The van der Waals surface area contributed by atoms with Crippen LogP contribution in [-0.2, 0) is 4.74 Å². The van der Waals surface area contributed by atoms with Gasteiger partial charge in [-0.15, -0.1) is 0 Å². The first-order valence-corrected chi connectivity index (χ1v) is 5.42. The molecule has 92 valence electrons. The van der Waals surface area contributed by atoms with Crippen molar-refractivity contribution in [2.75, 3.05) is 31.6 Å². The number of morpholine rings is 1. The van der Waals surface area contributed by atoms with Gasteiger partial charge in [0.05, 0.1) is 17.6 Å². The molecule has 7 nitrogen and oxygen atoms in total. The molecule has 1 atom stereocenters. The molecule has 1 fully saturated rings. The molecule has 0 saturated carbocycles. The van der Waals surface area contributed by atoms with Crippen LogP contribution in [0.2, 0.25) is 0 Å². The maximum atomic E-state index is 10.8. The molecule has 17 heavy (non-hydrogen) atoms. The van der Waals surface area contributed by atoms with Gasteiger partial charge in [0.1, 0.15) is 11.9 Å². The SMILES string of the molecule is O=[N+]([O-])c1cnccc1NCC1CNCCO1. The largest absolute Gasteiger partial charge is 0.377 e. The van der Waals surface area contributed by atoms with Gasteiger partial charge < -0.3 is 15.4 Å². The lowest BCUT2D eigenvalue weighted by Crippen LogP contribution is -2.42. The van der Waals surface area contributed by atoms with Gasteiger partial charge in [-0.3, -0.25) is 15.1 Å². The molecule has 0 spiro atoms. The summed E-state index contributed by atoms with van der Waals surface area (Å²) in [6, 6.07) is 1.59. The Hall–Kier alpha value is -1.73. The van der Waals surface area contributed by atoms with Crippen LogP contribution < -0.4 is 10.6 Å². The molecule has 0 aliphatic carbocycles. The smallest absolute Gasteiger partial charge is 0.310 e. The second-order valence-electron chi connectivity index (χ2n) is 3.73. The van der Waals surface area contributed by atoms with Gasteiger partial charge in [-0.1, -0.05) is 0 Å². The zero-order chi connectivity index (χ0) is 12.1. The Labute approximate surface area is 98.3 Å². The van der Waals surface area contributed by atoms with E-state index in [4.69, 9.17) is 4.74 Å². The van der Waals surface area contributed by atoms with E-state index >= 15 is 0 Å². The average Bonchev–Trinajstić information content (AvgIpc) is 2.38. The molecule has 2 rings (SSSR count). The monoisotopic (exact) mass is 238 g/mol. The number of pyridine rings is 1. The maximum absolute atomic E-state index is 10.8. The average molecular weight is 238 g/mol.